The van der Waals surface area contributed by atoms with Crippen LogP contribution in [-0.4, -0.2) is 35.1 Å². The Bertz CT molecular complexity index is 389. The fourth-order valence-electron chi connectivity index (χ4n) is 1.19. The average molecular weight is 251 g/mol. The highest BCUT2D eigenvalue weighted by molar-refractivity contribution is 5.78. The maximum Gasteiger partial charge on any atom is 0.408 e. The van der Waals surface area contributed by atoms with E-state index < -0.39 is 24.7 Å². The maximum atomic E-state index is 12.0. The number of anilines is 1. The number of ether oxygens (including phenoxy) is 1. The van der Waals surface area contributed by atoms with E-state index in [1.54, 1.807) is 0 Å². The third-order valence-corrected chi connectivity index (χ3v) is 1.91. The molecule has 5 nitrogen and oxygen atoms in total. The Kier molecular flexibility index (Phi) is 3.97. The molecule has 0 aliphatic rings. The van der Waals surface area contributed by atoms with Crippen molar-refractivity contribution in [3.8, 4) is 0 Å². The second-order valence-corrected chi connectivity index (χ2v) is 3.43. The van der Waals surface area contributed by atoms with E-state index in [9.17, 15) is 18.0 Å². The zero-order valence-corrected chi connectivity index (χ0v) is 9.28. The molecule has 96 valence electrons. The quantitative estimate of drug-likeness (QED) is 0.822. The van der Waals surface area contributed by atoms with Crippen LogP contribution in [0.4, 0.5) is 18.9 Å². The number of nitrogens with one attached hydrogen (secondary N) is 1. The summed E-state index contributed by atoms with van der Waals surface area (Å²) in [6.45, 7) is 0.369. The molecule has 1 aromatic heterocycles. The fourth-order valence-corrected chi connectivity index (χ4v) is 1.19. The number of hydrogen-bond donors (Lipinski definition) is 1. The van der Waals surface area contributed by atoms with Crippen molar-refractivity contribution in [3.05, 3.63) is 12.4 Å². The van der Waals surface area contributed by atoms with E-state index in [2.05, 4.69) is 15.2 Å². The van der Waals surface area contributed by atoms with Crippen molar-refractivity contribution >= 4 is 11.7 Å². The van der Waals surface area contributed by atoms with E-state index in [1.807, 2.05) is 0 Å². The Hall–Kier alpha value is -1.73. The second-order valence-electron chi connectivity index (χ2n) is 3.43. The summed E-state index contributed by atoms with van der Waals surface area (Å²) in [7, 11) is 1.23. The van der Waals surface area contributed by atoms with Crippen molar-refractivity contribution in [2.24, 2.45) is 0 Å². The van der Waals surface area contributed by atoms with Crippen molar-refractivity contribution in [1.29, 1.82) is 0 Å². The van der Waals surface area contributed by atoms with Gasteiger partial charge in [0.05, 0.1) is 19.0 Å². The highest BCUT2D eigenvalue weighted by Gasteiger charge is 2.28. The molecule has 1 unspecified atom stereocenters. The molecule has 8 heteroatoms. The Balaban J connectivity index is 2.60. The summed E-state index contributed by atoms with van der Waals surface area (Å²) in [6.07, 6.45) is -1.94. The fraction of sp³-hybridized carbons (Fsp3) is 0.556. The number of nitrogens with zero attached hydrogens (tertiary/aromatic N) is 2. The van der Waals surface area contributed by atoms with Crippen LogP contribution in [0.1, 0.15) is 6.92 Å². The topological polar surface area (TPSA) is 56.1 Å². The first kappa shape index (κ1) is 13.3. The van der Waals surface area contributed by atoms with Crippen LogP contribution in [0.2, 0.25) is 0 Å². The van der Waals surface area contributed by atoms with Gasteiger partial charge in [-0.25, -0.2) is 4.79 Å². The molecule has 0 aliphatic heterocycles. The number of esters is 1. The molecule has 0 aliphatic carbocycles. The summed E-state index contributed by atoms with van der Waals surface area (Å²) in [6, 6.07) is -0.650. The molecule has 0 amide bonds. The predicted molar refractivity (Wildman–Crippen MR) is 53.4 cm³/mol. The van der Waals surface area contributed by atoms with Gasteiger partial charge in [0.15, 0.2) is 0 Å². The highest BCUT2D eigenvalue weighted by Crippen LogP contribution is 2.18. The molecule has 0 saturated heterocycles. The zero-order valence-electron chi connectivity index (χ0n) is 9.28. The number of methoxy groups -OCH3 is 1. The Morgan fingerprint density at radius 1 is 1.65 bits per heavy atom. The Morgan fingerprint density at radius 3 is 2.82 bits per heavy atom. The second kappa shape index (κ2) is 5.07. The van der Waals surface area contributed by atoms with E-state index in [0.717, 1.165) is 4.68 Å². The van der Waals surface area contributed by atoms with Crippen molar-refractivity contribution in [2.45, 2.75) is 25.7 Å². The zero-order chi connectivity index (χ0) is 13.1. The molecule has 0 fully saturated rings. The van der Waals surface area contributed by atoms with Crippen LogP contribution in [0.15, 0.2) is 12.4 Å². The van der Waals surface area contributed by atoms with Gasteiger partial charge in [-0.2, -0.15) is 18.3 Å². The molecule has 1 heterocycles. The molecule has 1 aromatic rings. The minimum Gasteiger partial charge on any atom is -0.467 e. The SMILES string of the molecule is COC(=O)C(C)Nc1cnn(CC(F)(F)F)c1. The number of carbonyl (C=O) groups excluding carboxylic acids is 1. The normalized spacial score (nSPS) is 13.2. The number of carbonyl (C=O) groups is 1. The number of halogens is 3. The number of aromatic nitrogens is 2. The van der Waals surface area contributed by atoms with Gasteiger partial charge < -0.3 is 10.1 Å². The minimum atomic E-state index is -4.32. The Labute approximate surface area is 95.5 Å². The minimum absolute atomic E-state index is 0.326. The molecule has 1 N–H and O–H groups in total. The molecule has 0 aromatic carbocycles. The van der Waals surface area contributed by atoms with Crippen LogP contribution in [0, 0.1) is 0 Å². The lowest BCUT2D eigenvalue weighted by atomic mass is 10.3. The average Bonchev–Trinajstić information content (AvgIpc) is 2.61. The first-order chi connectivity index (χ1) is 7.81. The van der Waals surface area contributed by atoms with Gasteiger partial charge in [-0.3, -0.25) is 4.68 Å². The standard InChI is InChI=1S/C9H12F3N3O2/c1-6(8(16)17-2)14-7-3-13-15(4-7)5-9(10,11)12/h3-4,6,14H,5H2,1-2H3. The van der Waals surface area contributed by atoms with Crippen LogP contribution in [0.25, 0.3) is 0 Å². The van der Waals surface area contributed by atoms with E-state index in [0.29, 0.717) is 5.69 Å². The van der Waals surface area contributed by atoms with Crippen molar-refractivity contribution in [1.82, 2.24) is 9.78 Å². The predicted octanol–water partition coefficient (Wildman–Crippen LogP) is 1.42. The third-order valence-electron chi connectivity index (χ3n) is 1.91. The first-order valence-corrected chi connectivity index (χ1v) is 4.75. The van der Waals surface area contributed by atoms with Crippen molar-refractivity contribution in [2.75, 3.05) is 12.4 Å². The summed E-state index contributed by atoms with van der Waals surface area (Å²) >= 11 is 0. The summed E-state index contributed by atoms with van der Waals surface area (Å²) in [4.78, 5) is 11.1. The number of rotatable bonds is 4. The van der Waals surface area contributed by atoms with Gasteiger partial charge in [-0.15, -0.1) is 0 Å². The lowest BCUT2D eigenvalue weighted by Gasteiger charge is -2.10. The van der Waals surface area contributed by atoms with Gasteiger partial charge in [0.25, 0.3) is 0 Å². The summed E-state index contributed by atoms with van der Waals surface area (Å²) in [5.41, 5.74) is 0.326. The summed E-state index contributed by atoms with van der Waals surface area (Å²) in [5, 5.41) is 6.20. The lowest BCUT2D eigenvalue weighted by molar-refractivity contribution is -0.143. The van der Waals surface area contributed by atoms with E-state index in [1.165, 1.54) is 26.4 Å². The van der Waals surface area contributed by atoms with Gasteiger partial charge in [-0.1, -0.05) is 0 Å². The van der Waals surface area contributed by atoms with Crippen LogP contribution in [-0.2, 0) is 16.1 Å². The van der Waals surface area contributed by atoms with Crippen molar-refractivity contribution < 1.29 is 22.7 Å². The van der Waals surface area contributed by atoms with Gasteiger partial charge in [-0.05, 0) is 6.92 Å². The molecule has 0 radical (unpaired) electrons. The van der Waals surface area contributed by atoms with Crippen LogP contribution in [0.3, 0.4) is 0 Å². The molecular formula is C9H12F3N3O2. The first-order valence-electron chi connectivity index (χ1n) is 4.75. The lowest BCUT2D eigenvalue weighted by Crippen LogP contribution is -2.26. The number of hydrogen-bond acceptors (Lipinski definition) is 4. The maximum absolute atomic E-state index is 12.0. The largest absolute Gasteiger partial charge is 0.467 e. The molecular weight excluding hydrogens is 239 g/mol. The van der Waals surface area contributed by atoms with Gasteiger partial charge >= 0.3 is 12.1 Å². The molecule has 0 spiro atoms. The van der Waals surface area contributed by atoms with E-state index in [-0.39, 0.29) is 0 Å². The Morgan fingerprint density at radius 2 is 2.29 bits per heavy atom. The van der Waals surface area contributed by atoms with Crippen molar-refractivity contribution in [3.63, 3.8) is 0 Å². The van der Waals surface area contributed by atoms with E-state index >= 15 is 0 Å². The van der Waals surface area contributed by atoms with E-state index in [4.69, 9.17) is 0 Å². The number of alkyl halides is 3. The van der Waals surface area contributed by atoms with Crippen LogP contribution >= 0.6 is 0 Å². The van der Waals surface area contributed by atoms with Gasteiger partial charge in [0.2, 0.25) is 0 Å². The molecule has 1 rings (SSSR count). The monoisotopic (exact) mass is 251 g/mol. The van der Waals surface area contributed by atoms with Gasteiger partial charge in [0, 0.05) is 6.20 Å². The van der Waals surface area contributed by atoms with Crippen LogP contribution < -0.4 is 5.32 Å². The molecule has 0 bridgehead atoms. The molecule has 0 saturated carbocycles. The highest BCUT2D eigenvalue weighted by atomic mass is 19.4. The smallest absolute Gasteiger partial charge is 0.408 e. The van der Waals surface area contributed by atoms with Gasteiger partial charge in [0.1, 0.15) is 12.6 Å². The molecule has 1 atom stereocenters. The third kappa shape index (κ3) is 4.33. The molecule has 17 heavy (non-hydrogen) atoms. The summed E-state index contributed by atoms with van der Waals surface area (Å²) in [5.74, 6) is -0.506. The van der Waals surface area contributed by atoms with Crippen LogP contribution in [0.5, 0.6) is 0 Å². The summed E-state index contributed by atoms with van der Waals surface area (Å²) < 4.78 is 41.3.